The number of aliphatic hydroxyl groups is 1. The molecule has 0 fully saturated rings. The number of hydrogen-bond donors (Lipinski definition) is 3. The van der Waals surface area contributed by atoms with Crippen LogP contribution in [-0.4, -0.2) is 42.5 Å². The molecule has 1 rings (SSSR count). The molecule has 1 aromatic carbocycles. The van der Waals surface area contributed by atoms with Crippen molar-refractivity contribution in [1.29, 1.82) is 0 Å². The summed E-state index contributed by atoms with van der Waals surface area (Å²) in [6.45, 7) is 0.406. The van der Waals surface area contributed by atoms with Crippen LogP contribution in [0.15, 0.2) is 22.7 Å². The molecule has 18 heavy (non-hydrogen) atoms. The standard InChI is InChI=1S/C12H16BrNO4/c1-18-7-9(4-5-15)14-11-6-8(13)2-3-10(11)12(16)17/h2-3,6,9,14-15H,4-5,7H2,1H3,(H,16,17). The van der Waals surface area contributed by atoms with E-state index >= 15 is 0 Å². The maximum absolute atomic E-state index is 11.1. The van der Waals surface area contributed by atoms with Crippen LogP contribution in [0.3, 0.4) is 0 Å². The van der Waals surface area contributed by atoms with Crippen molar-refractivity contribution in [2.24, 2.45) is 0 Å². The number of nitrogens with one attached hydrogen (secondary N) is 1. The summed E-state index contributed by atoms with van der Waals surface area (Å²) in [6, 6.07) is 4.76. The summed E-state index contributed by atoms with van der Waals surface area (Å²) in [6.07, 6.45) is 0.486. The summed E-state index contributed by atoms with van der Waals surface area (Å²) in [7, 11) is 1.56. The molecule has 1 unspecified atom stereocenters. The first-order valence-corrected chi connectivity index (χ1v) is 6.27. The van der Waals surface area contributed by atoms with E-state index in [1.807, 2.05) is 0 Å². The van der Waals surface area contributed by atoms with Crippen LogP contribution < -0.4 is 5.32 Å². The zero-order valence-corrected chi connectivity index (χ0v) is 11.6. The minimum absolute atomic E-state index is 0.0113. The van der Waals surface area contributed by atoms with Gasteiger partial charge in [0.25, 0.3) is 0 Å². The van der Waals surface area contributed by atoms with E-state index < -0.39 is 5.97 Å². The minimum Gasteiger partial charge on any atom is -0.478 e. The van der Waals surface area contributed by atoms with Gasteiger partial charge in [-0.15, -0.1) is 0 Å². The quantitative estimate of drug-likeness (QED) is 0.716. The van der Waals surface area contributed by atoms with Crippen LogP contribution in [0.5, 0.6) is 0 Å². The molecule has 0 aliphatic rings. The maximum Gasteiger partial charge on any atom is 0.337 e. The fourth-order valence-electron chi connectivity index (χ4n) is 1.60. The zero-order valence-electron chi connectivity index (χ0n) is 10.0. The third-order valence-electron chi connectivity index (χ3n) is 2.42. The molecule has 0 bridgehead atoms. The second kappa shape index (κ2) is 7.35. The number of carboxylic acids is 1. The molecule has 6 heteroatoms. The molecule has 0 radical (unpaired) electrons. The van der Waals surface area contributed by atoms with E-state index in [1.165, 1.54) is 6.07 Å². The van der Waals surface area contributed by atoms with E-state index in [9.17, 15) is 4.79 Å². The Bertz CT molecular complexity index is 405. The average molecular weight is 318 g/mol. The number of carboxylic acid groups (broad SMARTS) is 1. The van der Waals surface area contributed by atoms with E-state index in [-0.39, 0.29) is 18.2 Å². The van der Waals surface area contributed by atoms with Crippen LogP contribution in [0.1, 0.15) is 16.8 Å². The van der Waals surface area contributed by atoms with Gasteiger partial charge >= 0.3 is 5.97 Å². The van der Waals surface area contributed by atoms with Gasteiger partial charge in [-0.3, -0.25) is 0 Å². The fraction of sp³-hybridized carbons (Fsp3) is 0.417. The number of benzene rings is 1. The number of hydrogen-bond acceptors (Lipinski definition) is 4. The molecule has 3 N–H and O–H groups in total. The maximum atomic E-state index is 11.1. The molecule has 0 saturated carbocycles. The Kier molecular flexibility index (Phi) is 6.11. The Morgan fingerprint density at radius 3 is 2.83 bits per heavy atom. The highest BCUT2D eigenvalue weighted by Crippen LogP contribution is 2.22. The lowest BCUT2D eigenvalue weighted by Crippen LogP contribution is -2.27. The van der Waals surface area contributed by atoms with Crippen LogP contribution >= 0.6 is 15.9 Å². The Labute approximate surface area is 114 Å². The van der Waals surface area contributed by atoms with E-state index in [0.29, 0.717) is 18.7 Å². The molecule has 0 aliphatic carbocycles. The molecule has 100 valence electrons. The average Bonchev–Trinajstić information content (AvgIpc) is 2.29. The van der Waals surface area contributed by atoms with Crippen LogP contribution in [0.2, 0.25) is 0 Å². The third-order valence-corrected chi connectivity index (χ3v) is 2.91. The largest absolute Gasteiger partial charge is 0.478 e. The summed E-state index contributed by atoms with van der Waals surface area (Å²) in [5.41, 5.74) is 0.699. The first-order valence-electron chi connectivity index (χ1n) is 5.47. The van der Waals surface area contributed by atoms with Crippen LogP contribution in [0.25, 0.3) is 0 Å². The van der Waals surface area contributed by atoms with Crippen LogP contribution in [-0.2, 0) is 4.74 Å². The molecule has 0 aromatic heterocycles. The van der Waals surface area contributed by atoms with Crippen molar-refractivity contribution < 1.29 is 19.7 Å². The summed E-state index contributed by atoms with van der Waals surface area (Å²) in [5, 5.41) is 21.1. The molecule has 5 nitrogen and oxygen atoms in total. The van der Waals surface area contributed by atoms with Crippen LogP contribution in [0, 0.1) is 0 Å². The van der Waals surface area contributed by atoms with Crippen molar-refractivity contribution in [3.05, 3.63) is 28.2 Å². The van der Waals surface area contributed by atoms with Crippen LogP contribution in [0.4, 0.5) is 5.69 Å². The van der Waals surface area contributed by atoms with Crippen molar-refractivity contribution in [3.63, 3.8) is 0 Å². The summed E-state index contributed by atoms with van der Waals surface area (Å²) in [4.78, 5) is 11.1. The van der Waals surface area contributed by atoms with Gasteiger partial charge in [0.2, 0.25) is 0 Å². The number of rotatable bonds is 7. The summed E-state index contributed by atoms with van der Waals surface area (Å²) in [5.74, 6) is -0.995. The topological polar surface area (TPSA) is 78.8 Å². The van der Waals surface area contributed by atoms with Gasteiger partial charge in [-0.05, 0) is 24.6 Å². The first kappa shape index (κ1) is 14.9. The van der Waals surface area contributed by atoms with Crippen molar-refractivity contribution in [3.8, 4) is 0 Å². The summed E-state index contributed by atoms with van der Waals surface area (Å²) < 4.78 is 5.81. The van der Waals surface area contributed by atoms with Gasteiger partial charge in [0.1, 0.15) is 0 Å². The SMILES string of the molecule is COCC(CCO)Nc1cc(Br)ccc1C(=O)O. The first-order chi connectivity index (χ1) is 8.58. The van der Waals surface area contributed by atoms with E-state index in [4.69, 9.17) is 14.9 Å². The Morgan fingerprint density at radius 2 is 2.28 bits per heavy atom. The molecule has 0 amide bonds. The van der Waals surface area contributed by atoms with Gasteiger partial charge in [0.05, 0.1) is 23.9 Å². The number of anilines is 1. The lowest BCUT2D eigenvalue weighted by atomic mass is 10.1. The highest BCUT2D eigenvalue weighted by Gasteiger charge is 2.14. The second-order valence-electron chi connectivity index (χ2n) is 3.80. The zero-order chi connectivity index (χ0) is 13.5. The molecule has 0 heterocycles. The Balaban J connectivity index is 2.92. The smallest absolute Gasteiger partial charge is 0.337 e. The number of halogens is 1. The van der Waals surface area contributed by atoms with Gasteiger partial charge in [-0.1, -0.05) is 15.9 Å². The van der Waals surface area contributed by atoms with Gasteiger partial charge in [0, 0.05) is 18.2 Å². The molecule has 1 aromatic rings. The molecular formula is C12H16BrNO4. The van der Waals surface area contributed by atoms with Crippen molar-refractivity contribution in [1.82, 2.24) is 0 Å². The number of aliphatic hydroxyl groups excluding tert-OH is 1. The highest BCUT2D eigenvalue weighted by atomic mass is 79.9. The molecule has 0 aliphatic heterocycles. The van der Waals surface area contributed by atoms with Gasteiger partial charge in [-0.25, -0.2) is 4.79 Å². The normalized spacial score (nSPS) is 12.2. The third kappa shape index (κ3) is 4.29. The Morgan fingerprint density at radius 1 is 1.56 bits per heavy atom. The van der Waals surface area contributed by atoms with Gasteiger partial charge in [-0.2, -0.15) is 0 Å². The molecule has 0 spiro atoms. The van der Waals surface area contributed by atoms with E-state index in [0.717, 1.165) is 4.47 Å². The monoisotopic (exact) mass is 317 g/mol. The molecule has 1 atom stereocenters. The molecule has 0 saturated heterocycles. The second-order valence-corrected chi connectivity index (χ2v) is 4.72. The van der Waals surface area contributed by atoms with Crippen molar-refractivity contribution in [2.75, 3.05) is 25.6 Å². The van der Waals surface area contributed by atoms with Gasteiger partial charge < -0.3 is 20.3 Å². The highest BCUT2D eigenvalue weighted by molar-refractivity contribution is 9.10. The van der Waals surface area contributed by atoms with Gasteiger partial charge in [0.15, 0.2) is 0 Å². The lowest BCUT2D eigenvalue weighted by Gasteiger charge is -2.19. The van der Waals surface area contributed by atoms with Crippen molar-refractivity contribution in [2.45, 2.75) is 12.5 Å². The summed E-state index contributed by atoms with van der Waals surface area (Å²) >= 11 is 3.30. The Hall–Kier alpha value is -1.11. The van der Waals surface area contributed by atoms with E-state index in [1.54, 1.807) is 19.2 Å². The number of aromatic carboxylic acids is 1. The molecular weight excluding hydrogens is 302 g/mol. The lowest BCUT2D eigenvalue weighted by molar-refractivity contribution is 0.0697. The van der Waals surface area contributed by atoms with E-state index in [2.05, 4.69) is 21.2 Å². The predicted octanol–water partition coefficient (Wildman–Crippen LogP) is 1.96. The minimum atomic E-state index is -0.995. The number of ether oxygens (including phenoxy) is 1. The predicted molar refractivity (Wildman–Crippen MR) is 72.1 cm³/mol. The number of methoxy groups -OCH3 is 1. The number of carbonyl (C=O) groups is 1. The van der Waals surface area contributed by atoms with Crippen molar-refractivity contribution >= 4 is 27.6 Å². The fourth-order valence-corrected chi connectivity index (χ4v) is 1.96.